The van der Waals surface area contributed by atoms with Gasteiger partial charge in [-0.3, -0.25) is 4.98 Å². The van der Waals surface area contributed by atoms with E-state index in [1.54, 1.807) is 18.3 Å². The summed E-state index contributed by atoms with van der Waals surface area (Å²) in [5.41, 5.74) is 3.20. The maximum atomic E-state index is 11.7. The maximum Gasteiger partial charge on any atom is 0.340 e. The normalized spacial score (nSPS) is 10.1. The minimum atomic E-state index is -0.373. The van der Waals surface area contributed by atoms with Gasteiger partial charge in [0.15, 0.2) is 0 Å². The Labute approximate surface area is 114 Å². The lowest BCUT2D eigenvalue weighted by atomic mass is 10.0. The number of alkyl halides is 1. The van der Waals surface area contributed by atoms with Crippen molar-refractivity contribution in [2.24, 2.45) is 0 Å². The number of esters is 1. The number of ether oxygens (including phenoxy) is 1. The molecule has 0 radical (unpaired) electrons. The molecule has 1 aromatic heterocycles. The second kappa shape index (κ2) is 5.78. The molecule has 0 atom stereocenters. The summed E-state index contributed by atoms with van der Waals surface area (Å²) in [7, 11) is 1.37. The van der Waals surface area contributed by atoms with Crippen LogP contribution in [0.25, 0.3) is 11.3 Å². The van der Waals surface area contributed by atoms with Crippen LogP contribution in [0.3, 0.4) is 0 Å². The summed E-state index contributed by atoms with van der Waals surface area (Å²) in [6, 6.07) is 11.3. The number of pyridine rings is 1. The van der Waals surface area contributed by atoms with Crippen LogP contribution < -0.4 is 0 Å². The summed E-state index contributed by atoms with van der Waals surface area (Å²) in [6.07, 6.45) is 1.67. The quantitative estimate of drug-likeness (QED) is 0.644. The second-order valence-corrected chi connectivity index (χ2v) is 4.28. The molecular weight excluding hydrogens is 294 g/mol. The summed E-state index contributed by atoms with van der Waals surface area (Å²) in [5.74, 6) is -0.373. The zero-order valence-corrected chi connectivity index (χ0v) is 11.5. The number of nitrogens with zero attached hydrogens (tertiary/aromatic N) is 1. The van der Waals surface area contributed by atoms with Crippen molar-refractivity contribution in [3.05, 3.63) is 53.7 Å². The van der Waals surface area contributed by atoms with Crippen LogP contribution in [0.4, 0.5) is 0 Å². The third kappa shape index (κ3) is 2.59. The molecule has 1 aromatic carbocycles. The van der Waals surface area contributed by atoms with Crippen LogP contribution in [0.15, 0.2) is 42.6 Å². The fourth-order valence-electron chi connectivity index (χ4n) is 1.66. The third-order valence-electron chi connectivity index (χ3n) is 2.59. The minimum Gasteiger partial charge on any atom is -0.465 e. The summed E-state index contributed by atoms with van der Waals surface area (Å²) < 4.78 is 4.76. The average Bonchev–Trinajstić information content (AvgIpc) is 2.46. The van der Waals surface area contributed by atoms with E-state index in [0.717, 1.165) is 10.9 Å². The number of benzene rings is 1. The SMILES string of the molecule is COC(=O)c1cccnc1-c1ccc(CBr)cc1. The van der Waals surface area contributed by atoms with Crippen LogP contribution in [0.5, 0.6) is 0 Å². The van der Waals surface area contributed by atoms with Crippen molar-refractivity contribution in [2.75, 3.05) is 7.11 Å². The van der Waals surface area contributed by atoms with E-state index >= 15 is 0 Å². The molecule has 0 spiro atoms. The van der Waals surface area contributed by atoms with Crippen molar-refractivity contribution in [1.29, 1.82) is 0 Å². The van der Waals surface area contributed by atoms with E-state index in [-0.39, 0.29) is 5.97 Å². The van der Waals surface area contributed by atoms with E-state index in [4.69, 9.17) is 4.74 Å². The Hall–Kier alpha value is -1.68. The van der Waals surface area contributed by atoms with Crippen molar-refractivity contribution in [1.82, 2.24) is 4.98 Å². The van der Waals surface area contributed by atoms with Crippen LogP contribution >= 0.6 is 15.9 Å². The van der Waals surface area contributed by atoms with Gasteiger partial charge in [0, 0.05) is 17.1 Å². The van der Waals surface area contributed by atoms with Gasteiger partial charge in [-0.25, -0.2) is 4.79 Å². The Morgan fingerprint density at radius 1 is 1.28 bits per heavy atom. The zero-order valence-electron chi connectivity index (χ0n) is 9.89. The highest BCUT2D eigenvalue weighted by atomic mass is 79.9. The summed E-state index contributed by atoms with van der Waals surface area (Å²) in [5, 5.41) is 0.805. The van der Waals surface area contributed by atoms with Gasteiger partial charge in [0.05, 0.1) is 18.4 Å². The fourth-order valence-corrected chi connectivity index (χ4v) is 2.04. The molecule has 1 heterocycles. The Morgan fingerprint density at radius 2 is 2.00 bits per heavy atom. The van der Waals surface area contributed by atoms with Crippen molar-refractivity contribution in [3.8, 4) is 11.3 Å². The lowest BCUT2D eigenvalue weighted by Gasteiger charge is -2.07. The highest BCUT2D eigenvalue weighted by molar-refractivity contribution is 9.08. The molecule has 0 saturated heterocycles. The number of rotatable bonds is 3. The molecular formula is C14H12BrNO2. The van der Waals surface area contributed by atoms with E-state index in [2.05, 4.69) is 20.9 Å². The molecule has 0 unspecified atom stereocenters. The largest absolute Gasteiger partial charge is 0.465 e. The Morgan fingerprint density at radius 3 is 2.61 bits per heavy atom. The smallest absolute Gasteiger partial charge is 0.340 e. The molecule has 0 aliphatic rings. The number of hydrogen-bond donors (Lipinski definition) is 0. The van der Waals surface area contributed by atoms with E-state index in [1.807, 2.05) is 24.3 Å². The van der Waals surface area contributed by atoms with Crippen LogP contribution in [-0.2, 0) is 10.1 Å². The fraction of sp³-hybridized carbons (Fsp3) is 0.143. The van der Waals surface area contributed by atoms with E-state index < -0.39 is 0 Å². The highest BCUT2D eigenvalue weighted by Crippen LogP contribution is 2.22. The van der Waals surface area contributed by atoms with Crippen molar-refractivity contribution in [3.63, 3.8) is 0 Å². The maximum absolute atomic E-state index is 11.7. The molecule has 0 amide bonds. The molecule has 0 aliphatic carbocycles. The number of carbonyl (C=O) groups is 1. The lowest BCUT2D eigenvalue weighted by Crippen LogP contribution is -2.04. The van der Waals surface area contributed by atoms with Gasteiger partial charge in [0.1, 0.15) is 0 Å². The first-order chi connectivity index (χ1) is 8.76. The van der Waals surface area contributed by atoms with E-state index in [9.17, 15) is 4.79 Å². The third-order valence-corrected chi connectivity index (χ3v) is 3.24. The monoisotopic (exact) mass is 305 g/mol. The topological polar surface area (TPSA) is 39.2 Å². The van der Waals surface area contributed by atoms with Gasteiger partial charge in [-0.2, -0.15) is 0 Å². The number of hydrogen-bond acceptors (Lipinski definition) is 3. The predicted molar refractivity (Wildman–Crippen MR) is 73.6 cm³/mol. The van der Waals surface area contributed by atoms with Gasteiger partial charge < -0.3 is 4.74 Å². The summed E-state index contributed by atoms with van der Waals surface area (Å²) in [6.45, 7) is 0. The van der Waals surface area contributed by atoms with Gasteiger partial charge in [-0.15, -0.1) is 0 Å². The van der Waals surface area contributed by atoms with E-state index in [1.165, 1.54) is 12.7 Å². The molecule has 0 N–H and O–H groups in total. The number of carbonyl (C=O) groups excluding carboxylic acids is 1. The van der Waals surface area contributed by atoms with Crippen LogP contribution in [0.2, 0.25) is 0 Å². The van der Waals surface area contributed by atoms with Crippen molar-refractivity contribution < 1.29 is 9.53 Å². The summed E-state index contributed by atoms with van der Waals surface area (Å²) in [4.78, 5) is 15.9. The van der Waals surface area contributed by atoms with Crippen LogP contribution in [-0.4, -0.2) is 18.1 Å². The lowest BCUT2D eigenvalue weighted by molar-refractivity contribution is 0.0601. The van der Waals surface area contributed by atoms with Crippen molar-refractivity contribution in [2.45, 2.75) is 5.33 Å². The number of methoxy groups -OCH3 is 1. The Bertz CT molecular complexity index is 552. The van der Waals surface area contributed by atoms with Crippen LogP contribution in [0.1, 0.15) is 15.9 Å². The molecule has 92 valence electrons. The molecule has 18 heavy (non-hydrogen) atoms. The summed E-state index contributed by atoms with van der Waals surface area (Å²) >= 11 is 3.40. The van der Waals surface area contributed by atoms with Gasteiger partial charge in [0.25, 0.3) is 0 Å². The molecule has 2 rings (SSSR count). The number of aromatic nitrogens is 1. The van der Waals surface area contributed by atoms with Gasteiger partial charge >= 0.3 is 5.97 Å². The first kappa shape index (κ1) is 12.8. The molecule has 3 nitrogen and oxygen atoms in total. The standard InChI is InChI=1S/C14H12BrNO2/c1-18-14(17)12-3-2-8-16-13(12)11-6-4-10(9-15)5-7-11/h2-8H,9H2,1H3. The highest BCUT2D eigenvalue weighted by Gasteiger charge is 2.13. The van der Waals surface area contributed by atoms with Gasteiger partial charge in [-0.05, 0) is 17.7 Å². The predicted octanol–water partition coefficient (Wildman–Crippen LogP) is 3.43. The first-order valence-corrected chi connectivity index (χ1v) is 6.57. The molecule has 0 bridgehead atoms. The molecule has 0 fully saturated rings. The van der Waals surface area contributed by atoms with Crippen molar-refractivity contribution >= 4 is 21.9 Å². The minimum absolute atomic E-state index is 0.373. The molecule has 0 aliphatic heterocycles. The molecule has 0 saturated carbocycles. The van der Waals surface area contributed by atoms with Gasteiger partial charge in [0.2, 0.25) is 0 Å². The van der Waals surface area contributed by atoms with E-state index in [0.29, 0.717) is 11.3 Å². The zero-order chi connectivity index (χ0) is 13.0. The average molecular weight is 306 g/mol. The second-order valence-electron chi connectivity index (χ2n) is 3.72. The molecule has 4 heteroatoms. The van der Waals surface area contributed by atoms with Crippen LogP contribution in [0, 0.1) is 0 Å². The Kier molecular flexibility index (Phi) is 4.10. The molecule has 2 aromatic rings. The first-order valence-electron chi connectivity index (χ1n) is 5.45. The Balaban J connectivity index is 2.46. The number of halogens is 1. The van der Waals surface area contributed by atoms with Gasteiger partial charge in [-0.1, -0.05) is 40.2 Å².